The van der Waals surface area contributed by atoms with Gasteiger partial charge in [-0.25, -0.2) is 18.7 Å². The fourth-order valence-electron chi connectivity index (χ4n) is 2.05. The maximum Gasteiger partial charge on any atom is 0.167 e. The molecule has 6 heteroatoms. The third-order valence-electron chi connectivity index (χ3n) is 3.14. The first-order chi connectivity index (χ1) is 9.99. The SMILES string of the molecule is Cc1ccc(F)c(-c2nc(Cl)c3cccc(Br)c3n2)c1F. The lowest BCUT2D eigenvalue weighted by atomic mass is 10.1. The average Bonchev–Trinajstić information content (AvgIpc) is 2.45. The van der Waals surface area contributed by atoms with Crippen LogP contribution in [0.15, 0.2) is 34.8 Å². The normalized spacial score (nSPS) is 11.1. The van der Waals surface area contributed by atoms with E-state index in [9.17, 15) is 8.78 Å². The van der Waals surface area contributed by atoms with E-state index in [1.807, 2.05) is 0 Å². The number of halogens is 4. The van der Waals surface area contributed by atoms with Gasteiger partial charge in [-0.1, -0.05) is 23.7 Å². The molecule has 3 rings (SSSR count). The molecule has 0 radical (unpaired) electrons. The van der Waals surface area contributed by atoms with E-state index in [2.05, 4.69) is 25.9 Å². The van der Waals surface area contributed by atoms with Crippen molar-refractivity contribution in [2.75, 3.05) is 0 Å². The molecule has 2 nitrogen and oxygen atoms in total. The smallest absolute Gasteiger partial charge is 0.167 e. The second kappa shape index (κ2) is 5.31. The summed E-state index contributed by atoms with van der Waals surface area (Å²) >= 11 is 9.46. The zero-order valence-electron chi connectivity index (χ0n) is 10.8. The highest BCUT2D eigenvalue weighted by molar-refractivity contribution is 9.10. The van der Waals surface area contributed by atoms with Crippen LogP contribution in [0.5, 0.6) is 0 Å². The van der Waals surface area contributed by atoms with Crippen LogP contribution in [0.25, 0.3) is 22.3 Å². The largest absolute Gasteiger partial charge is 0.226 e. The molecule has 3 aromatic rings. The molecule has 21 heavy (non-hydrogen) atoms. The Hall–Kier alpha value is -1.59. The monoisotopic (exact) mass is 368 g/mol. The molecule has 1 heterocycles. The predicted octanol–water partition coefficient (Wildman–Crippen LogP) is 5.30. The minimum atomic E-state index is -0.722. The summed E-state index contributed by atoms with van der Waals surface area (Å²) in [7, 11) is 0. The Morgan fingerprint density at radius 3 is 2.62 bits per heavy atom. The number of aryl methyl sites for hydroxylation is 1. The van der Waals surface area contributed by atoms with Crippen LogP contribution in [0, 0.1) is 18.6 Å². The molecule has 0 N–H and O–H groups in total. The Morgan fingerprint density at radius 2 is 1.86 bits per heavy atom. The second-order valence-corrected chi connectivity index (χ2v) is 5.74. The maximum atomic E-state index is 14.2. The van der Waals surface area contributed by atoms with Gasteiger partial charge in [0.2, 0.25) is 0 Å². The van der Waals surface area contributed by atoms with Crippen LogP contribution in [0.4, 0.5) is 8.78 Å². The molecule has 0 aliphatic heterocycles. The van der Waals surface area contributed by atoms with Crippen LogP contribution in [-0.4, -0.2) is 9.97 Å². The van der Waals surface area contributed by atoms with Crippen LogP contribution < -0.4 is 0 Å². The van der Waals surface area contributed by atoms with Crippen LogP contribution in [-0.2, 0) is 0 Å². The molecule has 1 aromatic heterocycles. The van der Waals surface area contributed by atoms with Crippen molar-refractivity contribution in [1.29, 1.82) is 0 Å². The molecular formula is C15H8BrClF2N2. The van der Waals surface area contributed by atoms with Gasteiger partial charge >= 0.3 is 0 Å². The number of rotatable bonds is 1. The van der Waals surface area contributed by atoms with Gasteiger partial charge in [0.25, 0.3) is 0 Å². The summed E-state index contributed by atoms with van der Waals surface area (Å²) < 4.78 is 28.9. The lowest BCUT2D eigenvalue weighted by Crippen LogP contribution is -1.99. The van der Waals surface area contributed by atoms with Gasteiger partial charge in [-0.3, -0.25) is 0 Å². The van der Waals surface area contributed by atoms with E-state index in [0.29, 0.717) is 20.9 Å². The zero-order valence-corrected chi connectivity index (χ0v) is 13.1. The van der Waals surface area contributed by atoms with Crippen LogP contribution >= 0.6 is 27.5 Å². The molecule has 0 aliphatic rings. The Bertz CT molecular complexity index is 868. The molecule has 0 amide bonds. The van der Waals surface area contributed by atoms with Gasteiger partial charge in [0.05, 0.1) is 11.1 Å². The van der Waals surface area contributed by atoms with E-state index < -0.39 is 11.6 Å². The lowest BCUT2D eigenvalue weighted by Gasteiger charge is -2.09. The lowest BCUT2D eigenvalue weighted by molar-refractivity contribution is 0.582. The molecule has 0 bridgehead atoms. The van der Waals surface area contributed by atoms with Crippen molar-refractivity contribution in [2.45, 2.75) is 6.92 Å². The molecule has 0 aliphatic carbocycles. The number of para-hydroxylation sites is 1. The van der Waals surface area contributed by atoms with Gasteiger partial charge in [0, 0.05) is 9.86 Å². The fraction of sp³-hybridized carbons (Fsp3) is 0.0667. The number of fused-ring (bicyclic) bond motifs is 1. The van der Waals surface area contributed by atoms with Gasteiger partial charge in [0.15, 0.2) is 5.82 Å². The minimum Gasteiger partial charge on any atom is -0.226 e. The van der Waals surface area contributed by atoms with E-state index in [1.54, 1.807) is 25.1 Å². The highest BCUT2D eigenvalue weighted by atomic mass is 79.9. The number of nitrogens with zero attached hydrogens (tertiary/aromatic N) is 2. The van der Waals surface area contributed by atoms with Crippen molar-refractivity contribution < 1.29 is 8.78 Å². The summed E-state index contributed by atoms with van der Waals surface area (Å²) in [5, 5.41) is 0.764. The Labute approximate surface area is 132 Å². The first kappa shape index (κ1) is 14.4. The summed E-state index contributed by atoms with van der Waals surface area (Å²) in [4.78, 5) is 8.28. The van der Waals surface area contributed by atoms with Gasteiger partial charge in [-0.15, -0.1) is 0 Å². The van der Waals surface area contributed by atoms with Gasteiger partial charge in [-0.05, 0) is 46.6 Å². The van der Waals surface area contributed by atoms with E-state index in [-0.39, 0.29) is 16.5 Å². The summed E-state index contributed by atoms with van der Waals surface area (Å²) in [5.41, 5.74) is 0.556. The Kier molecular flexibility index (Phi) is 3.63. The summed E-state index contributed by atoms with van der Waals surface area (Å²) in [6.45, 7) is 1.55. The van der Waals surface area contributed by atoms with E-state index in [1.165, 1.54) is 12.1 Å². The van der Waals surface area contributed by atoms with E-state index in [4.69, 9.17) is 11.6 Å². The van der Waals surface area contributed by atoms with E-state index in [0.717, 1.165) is 0 Å². The minimum absolute atomic E-state index is 0.0712. The third kappa shape index (κ3) is 2.40. The Balaban J connectivity index is 2.37. The molecule has 0 fully saturated rings. The van der Waals surface area contributed by atoms with Crippen molar-refractivity contribution in [3.63, 3.8) is 0 Å². The van der Waals surface area contributed by atoms with Crippen LogP contribution in [0.3, 0.4) is 0 Å². The van der Waals surface area contributed by atoms with Gasteiger partial charge in [-0.2, -0.15) is 0 Å². The van der Waals surface area contributed by atoms with Crippen LogP contribution in [0.2, 0.25) is 5.15 Å². The first-order valence-electron chi connectivity index (χ1n) is 6.06. The molecule has 0 unspecified atom stereocenters. The standard InChI is InChI=1S/C15H8BrClF2N2/c1-7-5-6-10(18)11(12(7)19)15-20-13-8(14(17)21-15)3-2-4-9(13)16/h2-6H,1H3. The van der Waals surface area contributed by atoms with Crippen molar-refractivity contribution in [1.82, 2.24) is 9.97 Å². The molecule has 0 saturated carbocycles. The van der Waals surface area contributed by atoms with Crippen LogP contribution in [0.1, 0.15) is 5.56 Å². The molecular weight excluding hydrogens is 362 g/mol. The highest BCUT2D eigenvalue weighted by Gasteiger charge is 2.18. The number of hydrogen-bond donors (Lipinski definition) is 0. The fourth-order valence-corrected chi connectivity index (χ4v) is 2.74. The number of hydrogen-bond acceptors (Lipinski definition) is 2. The predicted molar refractivity (Wildman–Crippen MR) is 82.3 cm³/mol. The summed E-state index contributed by atoms with van der Waals surface area (Å²) in [5.74, 6) is -1.48. The van der Waals surface area contributed by atoms with Crippen molar-refractivity contribution in [3.8, 4) is 11.4 Å². The molecule has 2 aromatic carbocycles. The molecule has 0 atom stereocenters. The number of aromatic nitrogens is 2. The van der Waals surface area contributed by atoms with Crippen molar-refractivity contribution in [2.24, 2.45) is 0 Å². The topological polar surface area (TPSA) is 25.8 Å². The third-order valence-corrected chi connectivity index (χ3v) is 4.07. The molecule has 0 spiro atoms. The van der Waals surface area contributed by atoms with Gasteiger partial charge < -0.3 is 0 Å². The summed E-state index contributed by atoms with van der Waals surface area (Å²) in [6.07, 6.45) is 0. The number of benzene rings is 2. The van der Waals surface area contributed by atoms with Crippen molar-refractivity contribution >= 4 is 38.4 Å². The quantitative estimate of drug-likeness (QED) is 0.544. The molecule has 0 saturated heterocycles. The van der Waals surface area contributed by atoms with Gasteiger partial charge in [0.1, 0.15) is 16.8 Å². The Morgan fingerprint density at radius 1 is 1.10 bits per heavy atom. The summed E-state index contributed by atoms with van der Waals surface area (Å²) in [6, 6.07) is 7.87. The van der Waals surface area contributed by atoms with E-state index >= 15 is 0 Å². The zero-order chi connectivity index (χ0) is 15.1. The average molecular weight is 370 g/mol. The second-order valence-electron chi connectivity index (χ2n) is 4.53. The maximum absolute atomic E-state index is 14.2. The van der Waals surface area contributed by atoms with Crippen molar-refractivity contribution in [3.05, 3.63) is 57.2 Å². The highest BCUT2D eigenvalue weighted by Crippen LogP contribution is 2.31. The molecule has 106 valence electrons. The first-order valence-corrected chi connectivity index (χ1v) is 7.23.